The van der Waals surface area contributed by atoms with Gasteiger partial charge < -0.3 is 15.0 Å². The van der Waals surface area contributed by atoms with Crippen LogP contribution in [0.1, 0.15) is 39.8 Å². The maximum Gasteiger partial charge on any atom is 0.258 e. The van der Waals surface area contributed by atoms with Crippen molar-refractivity contribution in [2.24, 2.45) is 0 Å². The van der Waals surface area contributed by atoms with Gasteiger partial charge in [0.05, 0.1) is 4.58 Å². The Labute approximate surface area is 191 Å². The first-order chi connectivity index (χ1) is 15.2. The topological polar surface area (TPSA) is 71.5 Å². The van der Waals surface area contributed by atoms with E-state index >= 15 is 0 Å². The summed E-state index contributed by atoms with van der Waals surface area (Å²) in [5.41, 5.74) is 1.96. The minimum atomic E-state index is -0.124. The zero-order chi connectivity index (χ0) is 21.5. The van der Waals surface area contributed by atoms with Crippen LogP contribution in [0, 0.1) is 0 Å². The van der Waals surface area contributed by atoms with E-state index in [1.165, 1.54) is 23.5 Å². The largest absolute Gasteiger partial charge is 0.484 e. The first kappa shape index (κ1) is 22.0. The second-order valence-corrected chi connectivity index (χ2v) is 10.4. The molecule has 4 rings (SSSR count). The first-order valence-electron chi connectivity index (χ1n) is 10.6. The minimum Gasteiger partial charge on any atom is -0.484 e. The van der Waals surface area contributed by atoms with Gasteiger partial charge in [-0.1, -0.05) is 12.1 Å². The second-order valence-electron chi connectivity index (χ2n) is 7.65. The van der Waals surface area contributed by atoms with Gasteiger partial charge in [0.1, 0.15) is 5.75 Å². The average molecular weight is 458 g/mol. The number of rotatable bonds is 6. The maximum absolute atomic E-state index is 12.5. The molecule has 0 radical (unpaired) electrons. The van der Waals surface area contributed by atoms with Gasteiger partial charge in [-0.05, 0) is 60.6 Å². The number of nitrogens with one attached hydrogen (secondary N) is 1. The van der Waals surface area contributed by atoms with Crippen LogP contribution in [0.5, 0.6) is 5.75 Å². The summed E-state index contributed by atoms with van der Waals surface area (Å²) in [4.78, 5) is 30.6. The zero-order valence-corrected chi connectivity index (χ0v) is 19.0. The number of ether oxygens (including phenoxy) is 1. The van der Waals surface area contributed by atoms with Gasteiger partial charge in [-0.25, -0.2) is 0 Å². The number of aromatic nitrogens is 1. The molecule has 2 aromatic rings. The number of nitrogens with zero attached hydrogens (tertiary/aromatic N) is 2. The molecule has 1 aromatic heterocycles. The van der Waals surface area contributed by atoms with Crippen LogP contribution in [-0.4, -0.2) is 58.9 Å². The highest BCUT2D eigenvalue weighted by molar-refractivity contribution is 8.16. The van der Waals surface area contributed by atoms with Crippen molar-refractivity contribution >= 4 is 35.3 Å². The molecule has 3 heterocycles. The number of carbonyl (C=O) groups excluding carboxylic acids is 2. The van der Waals surface area contributed by atoms with Crippen molar-refractivity contribution in [1.82, 2.24) is 15.2 Å². The smallest absolute Gasteiger partial charge is 0.258 e. The molecule has 2 fully saturated rings. The Kier molecular flexibility index (Phi) is 7.75. The highest BCUT2D eigenvalue weighted by Gasteiger charge is 2.24. The molecule has 2 aliphatic heterocycles. The van der Waals surface area contributed by atoms with Crippen molar-refractivity contribution < 1.29 is 14.3 Å². The Morgan fingerprint density at radius 1 is 1.03 bits per heavy atom. The Bertz CT molecular complexity index is 865. The summed E-state index contributed by atoms with van der Waals surface area (Å²) in [5.74, 6) is 3.03. The molecule has 164 valence electrons. The SMILES string of the molecule is O=C(COc1ccc(C2SCCCS2)cc1)NC1CCN(C(=O)c2ccncc2)CC1. The quantitative estimate of drug-likeness (QED) is 0.712. The number of hydrogen-bond acceptors (Lipinski definition) is 6. The number of hydrogen-bond donors (Lipinski definition) is 1. The van der Waals surface area contributed by atoms with Crippen molar-refractivity contribution in [2.75, 3.05) is 31.2 Å². The van der Waals surface area contributed by atoms with E-state index < -0.39 is 0 Å². The molecule has 0 atom stereocenters. The fraction of sp³-hybridized carbons (Fsp3) is 0.435. The lowest BCUT2D eigenvalue weighted by molar-refractivity contribution is -0.124. The van der Waals surface area contributed by atoms with Crippen LogP contribution in [0.15, 0.2) is 48.8 Å². The number of benzene rings is 1. The van der Waals surface area contributed by atoms with Gasteiger partial charge >= 0.3 is 0 Å². The van der Waals surface area contributed by atoms with E-state index in [4.69, 9.17) is 4.74 Å². The van der Waals surface area contributed by atoms with Crippen LogP contribution in [0.4, 0.5) is 0 Å². The third-order valence-corrected chi connectivity index (χ3v) is 8.44. The predicted octanol–water partition coefficient (Wildman–Crippen LogP) is 3.75. The molecule has 2 aliphatic rings. The van der Waals surface area contributed by atoms with Crippen molar-refractivity contribution in [1.29, 1.82) is 0 Å². The molecule has 0 saturated carbocycles. The van der Waals surface area contributed by atoms with E-state index in [9.17, 15) is 9.59 Å². The molecule has 1 N–H and O–H groups in total. The molecule has 0 aliphatic carbocycles. The van der Waals surface area contributed by atoms with E-state index in [-0.39, 0.29) is 24.5 Å². The van der Waals surface area contributed by atoms with Gasteiger partial charge in [0.2, 0.25) is 0 Å². The molecule has 0 spiro atoms. The van der Waals surface area contributed by atoms with Gasteiger partial charge in [0.25, 0.3) is 11.8 Å². The van der Waals surface area contributed by atoms with Crippen molar-refractivity contribution in [3.05, 3.63) is 59.9 Å². The predicted molar refractivity (Wildman–Crippen MR) is 126 cm³/mol. The van der Waals surface area contributed by atoms with Crippen LogP contribution in [0.25, 0.3) is 0 Å². The maximum atomic E-state index is 12.5. The molecule has 8 heteroatoms. The standard InChI is InChI=1S/C23H27N3O3S2/c27-21(16-29-20-4-2-18(3-5-20)23-30-14-1-15-31-23)25-19-8-12-26(13-9-19)22(28)17-6-10-24-11-7-17/h2-7,10-11,19,23H,1,8-9,12-16H2,(H,25,27). The number of amides is 2. The summed E-state index contributed by atoms with van der Waals surface area (Å²) in [6.07, 6.45) is 6.02. The van der Waals surface area contributed by atoms with Gasteiger partial charge in [-0.2, -0.15) is 0 Å². The van der Waals surface area contributed by atoms with Gasteiger partial charge in [0, 0.05) is 37.1 Å². The van der Waals surface area contributed by atoms with Gasteiger partial charge in [-0.15, -0.1) is 23.5 Å². The van der Waals surface area contributed by atoms with E-state index in [0.29, 0.717) is 29.0 Å². The molecule has 1 aromatic carbocycles. The van der Waals surface area contributed by atoms with Crippen molar-refractivity contribution in [3.63, 3.8) is 0 Å². The van der Waals surface area contributed by atoms with Crippen LogP contribution < -0.4 is 10.1 Å². The Balaban J connectivity index is 1.18. The van der Waals surface area contributed by atoms with Crippen molar-refractivity contribution in [3.8, 4) is 5.75 Å². The molecule has 6 nitrogen and oxygen atoms in total. The third kappa shape index (κ3) is 6.17. The summed E-state index contributed by atoms with van der Waals surface area (Å²) in [6, 6.07) is 11.6. The van der Waals surface area contributed by atoms with E-state index in [1.54, 1.807) is 24.5 Å². The molecular formula is C23H27N3O3S2. The number of carbonyl (C=O) groups is 2. The monoisotopic (exact) mass is 457 g/mol. The summed E-state index contributed by atoms with van der Waals surface area (Å²) in [7, 11) is 0. The number of thioether (sulfide) groups is 2. The normalized spacial score (nSPS) is 17.9. The number of pyridine rings is 1. The average Bonchev–Trinajstić information content (AvgIpc) is 2.84. The summed E-state index contributed by atoms with van der Waals surface area (Å²) >= 11 is 3.98. The lowest BCUT2D eigenvalue weighted by Crippen LogP contribution is -2.47. The van der Waals surface area contributed by atoms with E-state index in [1.807, 2.05) is 40.6 Å². The second kappa shape index (κ2) is 10.9. The van der Waals surface area contributed by atoms with E-state index in [0.717, 1.165) is 12.8 Å². The van der Waals surface area contributed by atoms with Gasteiger partial charge in [-0.3, -0.25) is 14.6 Å². The fourth-order valence-electron chi connectivity index (χ4n) is 3.72. The molecule has 2 saturated heterocycles. The van der Waals surface area contributed by atoms with Crippen LogP contribution in [0.2, 0.25) is 0 Å². The first-order valence-corrected chi connectivity index (χ1v) is 12.7. The van der Waals surface area contributed by atoms with Crippen LogP contribution in [-0.2, 0) is 4.79 Å². The molecular weight excluding hydrogens is 430 g/mol. The Morgan fingerprint density at radius 2 is 1.71 bits per heavy atom. The lowest BCUT2D eigenvalue weighted by atomic mass is 10.0. The van der Waals surface area contributed by atoms with Gasteiger partial charge in [0.15, 0.2) is 6.61 Å². The molecule has 0 bridgehead atoms. The summed E-state index contributed by atoms with van der Waals surface area (Å²) in [5, 5.41) is 3.03. The molecule has 31 heavy (non-hydrogen) atoms. The highest BCUT2D eigenvalue weighted by atomic mass is 32.2. The lowest BCUT2D eigenvalue weighted by Gasteiger charge is -2.32. The minimum absolute atomic E-state index is 0.00242. The fourth-order valence-corrected chi connectivity index (χ4v) is 6.62. The number of piperidine rings is 1. The van der Waals surface area contributed by atoms with E-state index in [2.05, 4.69) is 22.4 Å². The Morgan fingerprint density at radius 3 is 2.39 bits per heavy atom. The Hall–Kier alpha value is -2.19. The molecule has 0 unspecified atom stereocenters. The molecule has 2 amide bonds. The van der Waals surface area contributed by atoms with Crippen molar-refractivity contribution in [2.45, 2.75) is 29.9 Å². The van der Waals surface area contributed by atoms with Crippen LogP contribution in [0.3, 0.4) is 0 Å². The van der Waals surface area contributed by atoms with Crippen LogP contribution >= 0.6 is 23.5 Å². The third-order valence-electron chi connectivity index (χ3n) is 5.42. The number of likely N-dealkylation sites (tertiary alicyclic amines) is 1. The zero-order valence-electron chi connectivity index (χ0n) is 17.4. The highest BCUT2D eigenvalue weighted by Crippen LogP contribution is 2.43. The summed E-state index contributed by atoms with van der Waals surface area (Å²) in [6.45, 7) is 1.26. The summed E-state index contributed by atoms with van der Waals surface area (Å²) < 4.78 is 6.17.